The Bertz CT molecular complexity index is 905. The summed E-state index contributed by atoms with van der Waals surface area (Å²) in [5.41, 5.74) is 3.37. The molecule has 0 bridgehead atoms. The second-order valence-electron chi connectivity index (χ2n) is 5.45. The summed E-state index contributed by atoms with van der Waals surface area (Å²) in [7, 11) is 1.43. The molecule has 3 rings (SSSR count). The maximum Gasteiger partial charge on any atom is 0.308 e. The third-order valence-electron chi connectivity index (χ3n) is 3.68. The average molecular weight is 352 g/mol. The van der Waals surface area contributed by atoms with Crippen molar-refractivity contribution in [3.05, 3.63) is 59.7 Å². The number of rotatable bonds is 4. The molecule has 2 aromatic carbocycles. The minimum Gasteiger partial charge on any atom is -0.493 e. The van der Waals surface area contributed by atoms with E-state index in [-0.39, 0.29) is 11.3 Å². The van der Waals surface area contributed by atoms with Crippen LogP contribution in [0, 0.1) is 0 Å². The number of nitrogens with one attached hydrogen (secondary N) is 1. The van der Waals surface area contributed by atoms with Crippen molar-refractivity contribution in [1.82, 2.24) is 5.43 Å². The van der Waals surface area contributed by atoms with Crippen molar-refractivity contribution in [3.63, 3.8) is 0 Å². The van der Waals surface area contributed by atoms with Gasteiger partial charge >= 0.3 is 5.97 Å². The van der Waals surface area contributed by atoms with E-state index in [1.54, 1.807) is 42.5 Å². The molecule has 2 amide bonds. The van der Waals surface area contributed by atoms with E-state index in [1.807, 2.05) is 6.07 Å². The smallest absolute Gasteiger partial charge is 0.308 e. The van der Waals surface area contributed by atoms with Gasteiger partial charge in [0.15, 0.2) is 11.5 Å². The molecule has 0 saturated carbocycles. The third kappa shape index (κ3) is 3.27. The van der Waals surface area contributed by atoms with Crippen LogP contribution in [0.3, 0.4) is 0 Å². The lowest BCUT2D eigenvalue weighted by molar-refractivity contribution is -0.132. The third-order valence-corrected chi connectivity index (χ3v) is 3.68. The van der Waals surface area contributed by atoms with Crippen LogP contribution >= 0.6 is 0 Å². The molecule has 1 N–H and O–H groups in total. The number of hydrazine groups is 1. The zero-order valence-corrected chi connectivity index (χ0v) is 14.2. The van der Waals surface area contributed by atoms with E-state index in [0.717, 1.165) is 0 Å². The molecule has 1 heterocycles. The van der Waals surface area contributed by atoms with E-state index in [1.165, 1.54) is 25.1 Å². The van der Waals surface area contributed by atoms with Crippen molar-refractivity contribution in [2.24, 2.45) is 0 Å². The van der Waals surface area contributed by atoms with Gasteiger partial charge in [-0.25, -0.2) is 5.01 Å². The standard InChI is InChI=1S/C19H16N2O5/c1-12(22)26-17-13(7-6-10-16(17)25-2)11-15-18(23)20-21(19(15)24)14-8-4-3-5-9-14/h3-11H,1-2H3,(H,20,23). The van der Waals surface area contributed by atoms with Gasteiger partial charge in [-0.1, -0.05) is 30.3 Å². The summed E-state index contributed by atoms with van der Waals surface area (Å²) in [5.74, 6) is -1.12. The van der Waals surface area contributed by atoms with Crippen LogP contribution in [-0.2, 0) is 14.4 Å². The van der Waals surface area contributed by atoms with Crippen molar-refractivity contribution in [2.45, 2.75) is 6.92 Å². The van der Waals surface area contributed by atoms with Gasteiger partial charge in [0.1, 0.15) is 5.57 Å². The number of para-hydroxylation sites is 2. The maximum absolute atomic E-state index is 12.6. The van der Waals surface area contributed by atoms with E-state index < -0.39 is 17.8 Å². The minimum atomic E-state index is -0.546. The normalized spacial score (nSPS) is 15.2. The van der Waals surface area contributed by atoms with E-state index in [9.17, 15) is 14.4 Å². The van der Waals surface area contributed by atoms with Crippen molar-refractivity contribution >= 4 is 29.5 Å². The number of nitrogens with zero attached hydrogens (tertiary/aromatic N) is 1. The van der Waals surface area contributed by atoms with Gasteiger partial charge < -0.3 is 9.47 Å². The highest BCUT2D eigenvalue weighted by Crippen LogP contribution is 2.33. The molecule has 0 unspecified atom stereocenters. The molecule has 2 aromatic rings. The van der Waals surface area contributed by atoms with Gasteiger partial charge in [-0.3, -0.25) is 19.8 Å². The summed E-state index contributed by atoms with van der Waals surface area (Å²) in [6.45, 7) is 1.26. The van der Waals surface area contributed by atoms with Crippen molar-refractivity contribution < 1.29 is 23.9 Å². The Kier molecular flexibility index (Phi) is 4.70. The van der Waals surface area contributed by atoms with Crippen LogP contribution in [0.25, 0.3) is 6.08 Å². The summed E-state index contributed by atoms with van der Waals surface area (Å²) < 4.78 is 10.4. The minimum absolute atomic E-state index is 0.0736. The summed E-state index contributed by atoms with van der Waals surface area (Å²) in [5, 5.41) is 1.17. The molecule has 0 radical (unpaired) electrons. The Morgan fingerprint density at radius 1 is 1.08 bits per heavy atom. The molecule has 7 nitrogen and oxygen atoms in total. The molecule has 1 aliphatic rings. The Balaban J connectivity index is 2.01. The zero-order chi connectivity index (χ0) is 18.7. The van der Waals surface area contributed by atoms with Crippen LogP contribution in [0.4, 0.5) is 5.69 Å². The number of anilines is 1. The van der Waals surface area contributed by atoms with Crippen LogP contribution in [0.5, 0.6) is 11.5 Å². The molecule has 26 heavy (non-hydrogen) atoms. The second-order valence-corrected chi connectivity index (χ2v) is 5.45. The predicted octanol–water partition coefficient (Wildman–Crippen LogP) is 2.08. The Hall–Kier alpha value is -3.61. The number of benzene rings is 2. The maximum atomic E-state index is 12.6. The summed E-state index contributed by atoms with van der Waals surface area (Å²) in [4.78, 5) is 36.3. The molecular weight excluding hydrogens is 336 g/mol. The number of hydrogen-bond acceptors (Lipinski definition) is 5. The molecule has 0 atom stereocenters. The van der Waals surface area contributed by atoms with Crippen molar-refractivity contribution in [2.75, 3.05) is 12.1 Å². The van der Waals surface area contributed by atoms with E-state index in [2.05, 4.69) is 5.43 Å². The fourth-order valence-corrected chi connectivity index (χ4v) is 2.53. The first kappa shape index (κ1) is 17.2. The Labute approximate surface area is 149 Å². The van der Waals surface area contributed by atoms with Crippen LogP contribution in [0.1, 0.15) is 12.5 Å². The van der Waals surface area contributed by atoms with Crippen molar-refractivity contribution in [1.29, 1.82) is 0 Å². The average Bonchev–Trinajstić information content (AvgIpc) is 2.91. The number of methoxy groups -OCH3 is 1. The molecule has 0 aliphatic carbocycles. The number of hydrogen-bond donors (Lipinski definition) is 1. The van der Waals surface area contributed by atoms with Gasteiger partial charge in [0, 0.05) is 12.5 Å². The lowest BCUT2D eigenvalue weighted by Gasteiger charge is -2.14. The van der Waals surface area contributed by atoms with Crippen LogP contribution in [0.15, 0.2) is 54.1 Å². The number of amides is 2. The molecular formula is C19H16N2O5. The molecule has 0 spiro atoms. The zero-order valence-electron chi connectivity index (χ0n) is 14.2. The first-order valence-electron chi connectivity index (χ1n) is 7.79. The fourth-order valence-electron chi connectivity index (χ4n) is 2.53. The van der Waals surface area contributed by atoms with E-state index >= 15 is 0 Å². The number of ether oxygens (including phenoxy) is 2. The lowest BCUT2D eigenvalue weighted by atomic mass is 10.1. The summed E-state index contributed by atoms with van der Waals surface area (Å²) >= 11 is 0. The van der Waals surface area contributed by atoms with Crippen LogP contribution < -0.4 is 19.9 Å². The highest BCUT2D eigenvalue weighted by atomic mass is 16.6. The molecule has 0 aromatic heterocycles. The van der Waals surface area contributed by atoms with Gasteiger partial charge in [-0.05, 0) is 24.3 Å². The molecule has 1 aliphatic heterocycles. The lowest BCUT2D eigenvalue weighted by Crippen LogP contribution is -2.35. The Morgan fingerprint density at radius 2 is 1.81 bits per heavy atom. The van der Waals surface area contributed by atoms with Gasteiger partial charge in [-0.2, -0.15) is 0 Å². The van der Waals surface area contributed by atoms with Gasteiger partial charge in [0.2, 0.25) is 0 Å². The SMILES string of the molecule is COc1cccc(C=C2C(=O)NN(c3ccccc3)C2=O)c1OC(C)=O. The van der Waals surface area contributed by atoms with Crippen molar-refractivity contribution in [3.8, 4) is 11.5 Å². The first-order valence-corrected chi connectivity index (χ1v) is 7.79. The highest BCUT2D eigenvalue weighted by Gasteiger charge is 2.34. The van der Waals surface area contributed by atoms with Crippen LogP contribution in [0.2, 0.25) is 0 Å². The molecule has 7 heteroatoms. The largest absolute Gasteiger partial charge is 0.493 e. The molecule has 132 valence electrons. The molecule has 1 saturated heterocycles. The first-order chi connectivity index (χ1) is 12.5. The number of carbonyl (C=O) groups excluding carboxylic acids is 3. The van der Waals surface area contributed by atoms with E-state index in [4.69, 9.17) is 9.47 Å². The monoisotopic (exact) mass is 352 g/mol. The quantitative estimate of drug-likeness (QED) is 0.394. The number of carbonyl (C=O) groups is 3. The molecule has 1 fully saturated rings. The van der Waals surface area contributed by atoms with Gasteiger partial charge in [0.25, 0.3) is 11.8 Å². The summed E-state index contributed by atoms with van der Waals surface area (Å²) in [6, 6.07) is 13.7. The summed E-state index contributed by atoms with van der Waals surface area (Å²) in [6.07, 6.45) is 1.38. The highest BCUT2D eigenvalue weighted by molar-refractivity contribution is 6.31. The van der Waals surface area contributed by atoms with E-state index in [0.29, 0.717) is 17.0 Å². The fraction of sp³-hybridized carbons (Fsp3) is 0.105. The van der Waals surface area contributed by atoms with Gasteiger partial charge in [0.05, 0.1) is 12.8 Å². The predicted molar refractivity (Wildman–Crippen MR) is 94.4 cm³/mol. The van der Waals surface area contributed by atoms with Gasteiger partial charge in [-0.15, -0.1) is 0 Å². The second kappa shape index (κ2) is 7.10. The topological polar surface area (TPSA) is 84.9 Å². The van der Waals surface area contributed by atoms with Crippen LogP contribution in [-0.4, -0.2) is 24.9 Å². The number of esters is 1. The Morgan fingerprint density at radius 3 is 2.46 bits per heavy atom.